The van der Waals surface area contributed by atoms with Gasteiger partial charge in [-0.3, -0.25) is 0 Å². The van der Waals surface area contributed by atoms with Crippen molar-refractivity contribution in [3.8, 4) is 6.07 Å². The first-order chi connectivity index (χ1) is 9.70. The van der Waals surface area contributed by atoms with Crippen LogP contribution in [0, 0.1) is 23.0 Å². The minimum atomic E-state index is -0.719. The van der Waals surface area contributed by atoms with E-state index >= 15 is 0 Å². The largest absolute Gasteiger partial charge is 0.380 e. The van der Waals surface area contributed by atoms with E-state index in [9.17, 15) is 8.78 Å². The molecule has 0 aliphatic carbocycles. The van der Waals surface area contributed by atoms with E-state index in [0.717, 1.165) is 51.3 Å². The van der Waals surface area contributed by atoms with E-state index in [1.807, 2.05) is 0 Å². The van der Waals surface area contributed by atoms with E-state index in [1.165, 1.54) is 0 Å². The summed E-state index contributed by atoms with van der Waals surface area (Å²) in [6.07, 6.45) is 0.818. The Labute approximate surface area is 117 Å². The number of nitrogens with one attached hydrogen (secondary N) is 2. The molecule has 0 radical (unpaired) electrons. The molecule has 0 bridgehead atoms. The second kappa shape index (κ2) is 7.17. The lowest BCUT2D eigenvalue weighted by Crippen LogP contribution is -2.44. The van der Waals surface area contributed by atoms with Crippen molar-refractivity contribution in [3.63, 3.8) is 0 Å². The zero-order valence-electron chi connectivity index (χ0n) is 11.3. The first kappa shape index (κ1) is 14.7. The highest BCUT2D eigenvalue weighted by Gasteiger charge is 2.12. The Balaban J connectivity index is 1.80. The molecule has 1 aliphatic heterocycles. The van der Waals surface area contributed by atoms with Crippen LogP contribution in [0.1, 0.15) is 12.0 Å². The van der Waals surface area contributed by atoms with E-state index < -0.39 is 11.6 Å². The van der Waals surface area contributed by atoms with E-state index in [1.54, 1.807) is 6.07 Å². The van der Waals surface area contributed by atoms with Crippen LogP contribution in [0.2, 0.25) is 0 Å². The van der Waals surface area contributed by atoms with Crippen LogP contribution < -0.4 is 10.6 Å². The molecular formula is C14H18F2N4. The van der Waals surface area contributed by atoms with Gasteiger partial charge in [-0.2, -0.15) is 5.26 Å². The number of hydrogen-bond donors (Lipinski definition) is 2. The highest BCUT2D eigenvalue weighted by atomic mass is 19.1. The fourth-order valence-corrected chi connectivity index (χ4v) is 2.26. The number of hydrogen-bond acceptors (Lipinski definition) is 4. The predicted octanol–water partition coefficient (Wildman–Crippen LogP) is 1.54. The molecule has 1 saturated heterocycles. The topological polar surface area (TPSA) is 51.1 Å². The molecule has 0 unspecified atom stereocenters. The minimum Gasteiger partial charge on any atom is -0.380 e. The summed E-state index contributed by atoms with van der Waals surface area (Å²) in [5.74, 6) is -1.44. The van der Waals surface area contributed by atoms with Crippen molar-refractivity contribution < 1.29 is 8.78 Å². The third-order valence-electron chi connectivity index (χ3n) is 3.33. The molecule has 2 N–H and O–H groups in total. The van der Waals surface area contributed by atoms with Gasteiger partial charge in [0.1, 0.15) is 5.69 Å². The molecule has 20 heavy (non-hydrogen) atoms. The average Bonchev–Trinajstić information content (AvgIpc) is 2.46. The van der Waals surface area contributed by atoms with Crippen LogP contribution in [0.25, 0.3) is 0 Å². The molecule has 108 valence electrons. The number of nitriles is 1. The minimum absolute atomic E-state index is 0.00799. The van der Waals surface area contributed by atoms with Crippen molar-refractivity contribution in [2.75, 3.05) is 44.6 Å². The van der Waals surface area contributed by atoms with Gasteiger partial charge in [-0.15, -0.1) is 0 Å². The summed E-state index contributed by atoms with van der Waals surface area (Å²) in [6, 6.07) is 3.81. The standard InChI is InChI=1S/C14H18F2N4/c15-12-8-11(10-17)9-13(16)14(12)19-2-1-5-20-6-3-18-4-7-20/h8-9,18-19H,1-7H2. The normalized spacial score (nSPS) is 15.8. The Morgan fingerprint density at radius 3 is 2.50 bits per heavy atom. The summed E-state index contributed by atoms with van der Waals surface area (Å²) in [7, 11) is 0. The monoisotopic (exact) mass is 280 g/mol. The van der Waals surface area contributed by atoms with Gasteiger partial charge in [0.15, 0.2) is 11.6 Å². The van der Waals surface area contributed by atoms with Gasteiger partial charge in [-0.25, -0.2) is 8.78 Å². The van der Waals surface area contributed by atoms with Crippen molar-refractivity contribution in [2.45, 2.75) is 6.42 Å². The van der Waals surface area contributed by atoms with Gasteiger partial charge >= 0.3 is 0 Å². The smallest absolute Gasteiger partial charge is 0.150 e. The van der Waals surface area contributed by atoms with Crippen molar-refractivity contribution in [1.82, 2.24) is 10.2 Å². The number of benzene rings is 1. The third kappa shape index (κ3) is 3.89. The van der Waals surface area contributed by atoms with Crippen molar-refractivity contribution >= 4 is 5.69 Å². The van der Waals surface area contributed by atoms with E-state index in [0.29, 0.717) is 6.54 Å². The molecule has 0 atom stereocenters. The quantitative estimate of drug-likeness (QED) is 0.803. The van der Waals surface area contributed by atoms with Crippen molar-refractivity contribution in [2.24, 2.45) is 0 Å². The molecule has 1 fully saturated rings. The Kier molecular flexibility index (Phi) is 5.27. The number of halogens is 2. The maximum absolute atomic E-state index is 13.6. The van der Waals surface area contributed by atoms with Crippen LogP contribution in [-0.4, -0.2) is 44.2 Å². The summed E-state index contributed by atoms with van der Waals surface area (Å²) < 4.78 is 27.2. The summed E-state index contributed by atoms with van der Waals surface area (Å²) in [4.78, 5) is 2.32. The molecule has 6 heteroatoms. The summed E-state index contributed by atoms with van der Waals surface area (Å²) in [5.41, 5.74) is -0.157. The Morgan fingerprint density at radius 1 is 1.25 bits per heavy atom. The number of piperazine rings is 1. The van der Waals surface area contributed by atoms with Crippen molar-refractivity contribution in [3.05, 3.63) is 29.3 Å². The van der Waals surface area contributed by atoms with Gasteiger partial charge in [0.05, 0.1) is 11.6 Å². The lowest BCUT2D eigenvalue weighted by molar-refractivity contribution is 0.240. The molecule has 0 amide bonds. The molecule has 0 spiro atoms. The SMILES string of the molecule is N#Cc1cc(F)c(NCCCN2CCNCC2)c(F)c1. The van der Waals surface area contributed by atoms with Gasteiger partial charge in [0, 0.05) is 32.7 Å². The fraction of sp³-hybridized carbons (Fsp3) is 0.500. The molecule has 1 aromatic carbocycles. The van der Waals surface area contributed by atoms with Gasteiger partial charge in [0.2, 0.25) is 0 Å². The van der Waals surface area contributed by atoms with E-state index in [2.05, 4.69) is 15.5 Å². The average molecular weight is 280 g/mol. The van der Waals surface area contributed by atoms with Gasteiger partial charge in [0.25, 0.3) is 0 Å². The second-order valence-electron chi connectivity index (χ2n) is 4.80. The van der Waals surface area contributed by atoms with Crippen LogP contribution in [0.15, 0.2) is 12.1 Å². The fourth-order valence-electron chi connectivity index (χ4n) is 2.26. The van der Waals surface area contributed by atoms with Crippen molar-refractivity contribution in [1.29, 1.82) is 5.26 Å². The molecule has 0 aromatic heterocycles. The molecule has 1 aliphatic rings. The number of rotatable bonds is 5. The molecule has 1 aromatic rings. The van der Waals surface area contributed by atoms with Crippen LogP contribution in [0.3, 0.4) is 0 Å². The lowest BCUT2D eigenvalue weighted by Gasteiger charge is -2.27. The predicted molar refractivity (Wildman–Crippen MR) is 73.5 cm³/mol. The molecule has 0 saturated carbocycles. The van der Waals surface area contributed by atoms with Gasteiger partial charge < -0.3 is 15.5 Å². The number of anilines is 1. The van der Waals surface area contributed by atoms with E-state index in [4.69, 9.17) is 5.26 Å². The Bertz CT molecular complexity index is 469. The highest BCUT2D eigenvalue weighted by molar-refractivity contribution is 5.50. The lowest BCUT2D eigenvalue weighted by atomic mass is 10.2. The van der Waals surface area contributed by atoms with E-state index in [-0.39, 0.29) is 11.3 Å². The Hall–Kier alpha value is -1.71. The van der Waals surface area contributed by atoms with Crippen LogP contribution in [0.5, 0.6) is 0 Å². The van der Waals surface area contributed by atoms with Gasteiger partial charge in [-0.05, 0) is 25.1 Å². The molecule has 2 rings (SSSR count). The summed E-state index contributed by atoms with van der Waals surface area (Å²) in [6.45, 7) is 5.43. The summed E-state index contributed by atoms with van der Waals surface area (Å²) in [5, 5.41) is 14.7. The highest BCUT2D eigenvalue weighted by Crippen LogP contribution is 2.20. The second-order valence-corrected chi connectivity index (χ2v) is 4.80. The molecule has 1 heterocycles. The first-order valence-corrected chi connectivity index (χ1v) is 6.77. The van der Waals surface area contributed by atoms with Gasteiger partial charge in [-0.1, -0.05) is 0 Å². The zero-order valence-corrected chi connectivity index (χ0v) is 11.3. The maximum Gasteiger partial charge on any atom is 0.150 e. The third-order valence-corrected chi connectivity index (χ3v) is 3.33. The maximum atomic E-state index is 13.6. The van der Waals surface area contributed by atoms with Crippen LogP contribution in [0.4, 0.5) is 14.5 Å². The first-order valence-electron chi connectivity index (χ1n) is 6.77. The molecular weight excluding hydrogens is 262 g/mol. The van der Waals surface area contributed by atoms with Crippen LogP contribution >= 0.6 is 0 Å². The number of nitrogens with zero attached hydrogens (tertiary/aromatic N) is 2. The molecule has 4 nitrogen and oxygen atoms in total. The van der Waals surface area contributed by atoms with Crippen LogP contribution in [-0.2, 0) is 0 Å². The zero-order chi connectivity index (χ0) is 14.4. The summed E-state index contributed by atoms with van der Waals surface area (Å²) >= 11 is 0. The Morgan fingerprint density at radius 2 is 1.90 bits per heavy atom.